The van der Waals surface area contributed by atoms with Crippen molar-refractivity contribution < 1.29 is 0 Å². The number of halogens is 1. The van der Waals surface area contributed by atoms with Crippen LogP contribution in [0.15, 0.2) is 18.2 Å². The monoisotopic (exact) mass is 292 g/mol. The molecule has 1 atom stereocenters. The minimum atomic E-state index is 0.269. The fourth-order valence-corrected chi connectivity index (χ4v) is 3.66. The van der Waals surface area contributed by atoms with Crippen LogP contribution in [0.2, 0.25) is 5.02 Å². The Kier molecular flexibility index (Phi) is 3.83. The van der Waals surface area contributed by atoms with Crippen molar-refractivity contribution in [3.05, 3.63) is 34.3 Å². The molecule has 0 amide bonds. The molecule has 0 saturated heterocycles. The maximum atomic E-state index is 6.18. The van der Waals surface area contributed by atoms with E-state index in [9.17, 15) is 0 Å². The summed E-state index contributed by atoms with van der Waals surface area (Å²) in [6, 6.07) is 7.62. The molecule has 0 spiro atoms. The first-order valence-corrected chi connectivity index (χ1v) is 8.07. The molecule has 1 fully saturated rings. The summed E-state index contributed by atoms with van der Waals surface area (Å²) in [6.45, 7) is 6.88. The van der Waals surface area contributed by atoms with Crippen LogP contribution in [0.3, 0.4) is 0 Å². The van der Waals surface area contributed by atoms with Gasteiger partial charge in [-0.05, 0) is 55.0 Å². The van der Waals surface area contributed by atoms with Crippen molar-refractivity contribution in [1.29, 1.82) is 0 Å². The summed E-state index contributed by atoms with van der Waals surface area (Å²) in [7, 11) is 2.24. The Hall–Kier alpha value is -0.570. The molecule has 0 aromatic heterocycles. The minimum absolute atomic E-state index is 0.269. The molecule has 1 saturated carbocycles. The second-order valence-electron chi connectivity index (χ2n) is 7.11. The van der Waals surface area contributed by atoms with Crippen molar-refractivity contribution >= 4 is 11.6 Å². The fraction of sp³-hybridized carbons (Fsp3) is 0.647. The van der Waals surface area contributed by atoms with Crippen molar-refractivity contribution in [2.45, 2.75) is 45.2 Å². The van der Waals surface area contributed by atoms with Gasteiger partial charge in [0, 0.05) is 30.2 Å². The molecule has 0 heterocycles. The summed E-state index contributed by atoms with van der Waals surface area (Å²) in [5.41, 5.74) is 3.12. The average Bonchev–Trinajstić information content (AvgIpc) is 3.17. The van der Waals surface area contributed by atoms with Gasteiger partial charge in [-0.2, -0.15) is 0 Å². The second kappa shape index (κ2) is 5.32. The van der Waals surface area contributed by atoms with Gasteiger partial charge in [0.1, 0.15) is 0 Å². The second-order valence-corrected chi connectivity index (χ2v) is 7.54. The molecule has 1 aromatic carbocycles. The topological polar surface area (TPSA) is 15.3 Å². The molecular formula is C17H25ClN2. The number of nitrogens with one attached hydrogen (secondary N) is 1. The van der Waals surface area contributed by atoms with E-state index < -0.39 is 0 Å². The van der Waals surface area contributed by atoms with Gasteiger partial charge in [0.15, 0.2) is 0 Å². The predicted molar refractivity (Wildman–Crippen MR) is 85.3 cm³/mol. The van der Waals surface area contributed by atoms with Crippen LogP contribution in [0.1, 0.15) is 43.9 Å². The first-order valence-electron chi connectivity index (χ1n) is 7.69. The Morgan fingerprint density at radius 2 is 2.10 bits per heavy atom. The van der Waals surface area contributed by atoms with Crippen LogP contribution in [0.25, 0.3) is 0 Å². The van der Waals surface area contributed by atoms with Gasteiger partial charge in [-0.25, -0.2) is 0 Å². The lowest BCUT2D eigenvalue weighted by Crippen LogP contribution is -2.37. The average molecular weight is 293 g/mol. The molecule has 1 aromatic rings. The van der Waals surface area contributed by atoms with Gasteiger partial charge < -0.3 is 10.2 Å². The summed E-state index contributed by atoms with van der Waals surface area (Å²) in [5, 5.41) is 4.62. The van der Waals surface area contributed by atoms with Crippen LogP contribution in [0, 0.1) is 5.41 Å². The van der Waals surface area contributed by atoms with Gasteiger partial charge in [0.2, 0.25) is 0 Å². The largest absolute Gasteiger partial charge is 0.308 e. The van der Waals surface area contributed by atoms with Crippen LogP contribution in [0.4, 0.5) is 0 Å². The summed E-state index contributed by atoms with van der Waals surface area (Å²) < 4.78 is 0. The summed E-state index contributed by atoms with van der Waals surface area (Å²) in [6.07, 6.45) is 3.89. The van der Waals surface area contributed by atoms with Crippen molar-refractivity contribution in [3.63, 3.8) is 0 Å². The zero-order valence-electron chi connectivity index (χ0n) is 12.7. The Labute approximate surface area is 127 Å². The molecule has 2 nitrogen and oxygen atoms in total. The lowest BCUT2D eigenvalue weighted by molar-refractivity contribution is 0.249. The summed E-state index contributed by atoms with van der Waals surface area (Å²) in [4.78, 5) is 2.48. The fourth-order valence-electron chi connectivity index (χ4n) is 3.48. The van der Waals surface area contributed by atoms with Crippen LogP contribution >= 0.6 is 11.6 Å². The Bertz CT molecular complexity index is 494. The number of likely N-dealkylation sites (N-methyl/N-ethyl adjacent to an activating group) is 1. The molecular weight excluding hydrogens is 268 g/mol. The zero-order valence-corrected chi connectivity index (χ0v) is 13.5. The number of fused-ring (bicyclic) bond motifs is 1. The first kappa shape index (κ1) is 14.4. The number of benzene rings is 1. The Balaban J connectivity index is 1.66. The van der Waals surface area contributed by atoms with Crippen LogP contribution in [-0.4, -0.2) is 31.1 Å². The van der Waals surface area contributed by atoms with Crippen LogP contribution in [0.5, 0.6) is 0 Å². The zero-order chi connectivity index (χ0) is 14.3. The van der Waals surface area contributed by atoms with E-state index in [-0.39, 0.29) is 5.41 Å². The van der Waals surface area contributed by atoms with Gasteiger partial charge in [0.05, 0.1) is 0 Å². The number of hydrogen-bond acceptors (Lipinski definition) is 2. The molecule has 0 radical (unpaired) electrons. The number of hydrogen-bond donors (Lipinski definition) is 1. The normalized spacial score (nSPS) is 24.1. The van der Waals surface area contributed by atoms with Gasteiger partial charge in [-0.1, -0.05) is 31.5 Å². The third-order valence-corrected chi connectivity index (χ3v) is 5.06. The van der Waals surface area contributed by atoms with Gasteiger partial charge >= 0.3 is 0 Å². The molecule has 2 aliphatic rings. The van der Waals surface area contributed by atoms with E-state index >= 15 is 0 Å². The highest BCUT2D eigenvalue weighted by Crippen LogP contribution is 2.45. The van der Waals surface area contributed by atoms with E-state index in [2.05, 4.69) is 43.2 Å². The molecule has 3 rings (SSSR count). The van der Waals surface area contributed by atoms with Gasteiger partial charge in [0.25, 0.3) is 0 Å². The summed E-state index contributed by atoms with van der Waals surface area (Å²) >= 11 is 6.18. The van der Waals surface area contributed by atoms with Crippen molar-refractivity contribution in [3.8, 4) is 0 Å². The molecule has 2 aliphatic carbocycles. The van der Waals surface area contributed by atoms with Crippen LogP contribution < -0.4 is 5.32 Å². The summed E-state index contributed by atoms with van der Waals surface area (Å²) in [5.74, 6) is 0. The highest BCUT2D eigenvalue weighted by atomic mass is 35.5. The maximum absolute atomic E-state index is 6.18. The Morgan fingerprint density at radius 3 is 2.80 bits per heavy atom. The third-order valence-electron chi connectivity index (χ3n) is 4.83. The van der Waals surface area contributed by atoms with Crippen molar-refractivity contribution in [1.82, 2.24) is 10.2 Å². The molecule has 0 aliphatic heterocycles. The molecule has 1 unspecified atom stereocenters. The van der Waals surface area contributed by atoms with E-state index in [4.69, 9.17) is 11.6 Å². The minimum Gasteiger partial charge on any atom is -0.308 e. The first-order chi connectivity index (χ1) is 9.47. The molecule has 1 N–H and O–H groups in total. The number of nitrogens with zero attached hydrogens (tertiary/aromatic N) is 1. The van der Waals surface area contributed by atoms with Crippen molar-refractivity contribution in [2.75, 3.05) is 20.1 Å². The lowest BCUT2D eigenvalue weighted by atomic mass is 9.85. The van der Waals surface area contributed by atoms with Crippen molar-refractivity contribution in [2.24, 2.45) is 5.41 Å². The Morgan fingerprint density at radius 1 is 1.35 bits per heavy atom. The van der Waals surface area contributed by atoms with E-state index in [1.54, 1.807) is 0 Å². The molecule has 3 heteroatoms. The SMILES string of the molecule is CN(CCNC1c2cc(Cl)ccc2CC1(C)C)C1CC1. The van der Waals surface area contributed by atoms with Crippen LogP contribution in [-0.2, 0) is 6.42 Å². The highest BCUT2D eigenvalue weighted by molar-refractivity contribution is 6.30. The van der Waals surface area contributed by atoms with Gasteiger partial charge in [-0.15, -0.1) is 0 Å². The van der Waals surface area contributed by atoms with E-state index in [0.717, 1.165) is 30.6 Å². The van der Waals surface area contributed by atoms with E-state index in [1.165, 1.54) is 24.0 Å². The lowest BCUT2D eigenvalue weighted by Gasteiger charge is -2.29. The third kappa shape index (κ3) is 2.88. The quantitative estimate of drug-likeness (QED) is 0.891. The van der Waals surface area contributed by atoms with Gasteiger partial charge in [-0.3, -0.25) is 0 Å². The van der Waals surface area contributed by atoms with E-state index in [1.807, 2.05) is 6.07 Å². The predicted octanol–water partition coefficient (Wildman–Crippen LogP) is 3.65. The standard InChI is InChI=1S/C17H25ClN2/c1-17(2)11-12-4-5-13(18)10-15(12)16(17)19-8-9-20(3)14-6-7-14/h4-5,10,14,16,19H,6-9,11H2,1-3H3. The molecule has 110 valence electrons. The van der Waals surface area contributed by atoms with E-state index in [0.29, 0.717) is 6.04 Å². The molecule has 0 bridgehead atoms. The highest BCUT2D eigenvalue weighted by Gasteiger charge is 2.38. The smallest absolute Gasteiger partial charge is 0.0409 e. The maximum Gasteiger partial charge on any atom is 0.0409 e. The molecule has 20 heavy (non-hydrogen) atoms. The number of rotatable bonds is 5.